The monoisotopic (exact) mass is 271 g/mol. The third-order valence-corrected chi connectivity index (χ3v) is 5.92. The molecule has 0 aromatic heterocycles. The van der Waals surface area contributed by atoms with E-state index >= 15 is 0 Å². The number of nitrogens with one attached hydrogen (secondary N) is 1. The summed E-state index contributed by atoms with van der Waals surface area (Å²) in [5, 5.41) is 3.72. The standard InChI is InChI=1S/C19H29N/c1-3-15-8-7-9-16(14-15)18(20-2)19(12-13-19)17-10-5-4-6-11-17/h4-6,10-11,15-16,18,20H,3,7-9,12-14H2,1-2H3. The summed E-state index contributed by atoms with van der Waals surface area (Å²) in [5.74, 6) is 1.84. The highest BCUT2D eigenvalue weighted by Gasteiger charge is 2.52. The first-order valence-electron chi connectivity index (χ1n) is 8.53. The smallest absolute Gasteiger partial charge is 0.0189 e. The molecule has 1 nitrogen and oxygen atoms in total. The van der Waals surface area contributed by atoms with E-state index < -0.39 is 0 Å². The Hall–Kier alpha value is -0.820. The number of likely N-dealkylation sites (N-methyl/N-ethyl adjacent to an activating group) is 1. The molecule has 1 aromatic carbocycles. The molecular formula is C19H29N. The minimum atomic E-state index is 0.441. The molecule has 0 heterocycles. The van der Waals surface area contributed by atoms with E-state index in [1.54, 1.807) is 5.56 Å². The first-order chi connectivity index (χ1) is 9.80. The minimum Gasteiger partial charge on any atom is -0.316 e. The number of benzene rings is 1. The second kappa shape index (κ2) is 5.89. The fraction of sp³-hybridized carbons (Fsp3) is 0.684. The lowest BCUT2D eigenvalue weighted by atomic mass is 9.71. The molecule has 3 unspecified atom stereocenters. The Morgan fingerprint density at radius 1 is 1.20 bits per heavy atom. The molecule has 2 aliphatic rings. The van der Waals surface area contributed by atoms with Crippen molar-refractivity contribution >= 4 is 0 Å². The van der Waals surface area contributed by atoms with Crippen LogP contribution in [-0.4, -0.2) is 13.1 Å². The lowest BCUT2D eigenvalue weighted by Crippen LogP contribution is -2.45. The molecule has 2 fully saturated rings. The summed E-state index contributed by atoms with van der Waals surface area (Å²) in [6.07, 6.45) is 9.87. The normalized spacial score (nSPS) is 29.9. The average Bonchev–Trinajstić information content (AvgIpc) is 3.31. The average molecular weight is 271 g/mol. The Kier molecular flexibility index (Phi) is 4.16. The van der Waals surface area contributed by atoms with Crippen molar-refractivity contribution < 1.29 is 0 Å². The van der Waals surface area contributed by atoms with Crippen molar-refractivity contribution in [2.75, 3.05) is 7.05 Å². The molecule has 1 aromatic rings. The summed E-state index contributed by atoms with van der Waals surface area (Å²) in [5.41, 5.74) is 2.01. The molecule has 110 valence electrons. The van der Waals surface area contributed by atoms with Crippen molar-refractivity contribution in [2.45, 2.75) is 63.3 Å². The Balaban J connectivity index is 1.79. The van der Waals surface area contributed by atoms with Crippen molar-refractivity contribution in [2.24, 2.45) is 11.8 Å². The van der Waals surface area contributed by atoms with Crippen molar-refractivity contribution in [1.82, 2.24) is 5.32 Å². The van der Waals surface area contributed by atoms with Gasteiger partial charge in [0.2, 0.25) is 0 Å². The zero-order valence-electron chi connectivity index (χ0n) is 13.1. The van der Waals surface area contributed by atoms with Crippen molar-refractivity contribution in [3.8, 4) is 0 Å². The molecule has 2 saturated carbocycles. The third kappa shape index (κ3) is 2.53. The van der Waals surface area contributed by atoms with Gasteiger partial charge in [0, 0.05) is 11.5 Å². The van der Waals surface area contributed by atoms with Crippen LogP contribution in [0.1, 0.15) is 57.4 Å². The van der Waals surface area contributed by atoms with Crippen LogP contribution in [0.4, 0.5) is 0 Å². The van der Waals surface area contributed by atoms with Gasteiger partial charge in [-0.25, -0.2) is 0 Å². The largest absolute Gasteiger partial charge is 0.316 e. The van der Waals surface area contributed by atoms with Crippen LogP contribution in [-0.2, 0) is 5.41 Å². The number of hydrogen-bond acceptors (Lipinski definition) is 1. The second-order valence-corrected chi connectivity index (χ2v) is 6.99. The molecule has 1 heteroatoms. The van der Waals surface area contributed by atoms with Gasteiger partial charge in [0.25, 0.3) is 0 Å². The summed E-state index contributed by atoms with van der Waals surface area (Å²) in [6, 6.07) is 11.9. The molecule has 1 N–H and O–H groups in total. The maximum atomic E-state index is 3.72. The Labute approximate surface area is 124 Å². The molecular weight excluding hydrogens is 242 g/mol. The van der Waals surface area contributed by atoms with Gasteiger partial charge in [-0.3, -0.25) is 0 Å². The summed E-state index contributed by atoms with van der Waals surface area (Å²) >= 11 is 0. The minimum absolute atomic E-state index is 0.441. The van der Waals surface area contributed by atoms with Crippen LogP contribution in [0.5, 0.6) is 0 Å². The molecule has 0 spiro atoms. The predicted molar refractivity (Wildman–Crippen MR) is 85.9 cm³/mol. The second-order valence-electron chi connectivity index (χ2n) is 6.99. The highest BCUT2D eigenvalue weighted by molar-refractivity contribution is 5.34. The lowest BCUT2D eigenvalue weighted by molar-refractivity contribution is 0.189. The van der Waals surface area contributed by atoms with E-state index in [2.05, 4.69) is 49.6 Å². The van der Waals surface area contributed by atoms with Crippen LogP contribution in [0.3, 0.4) is 0 Å². The quantitative estimate of drug-likeness (QED) is 0.830. The maximum Gasteiger partial charge on any atom is 0.0189 e. The molecule has 3 rings (SSSR count). The molecule has 3 atom stereocenters. The van der Waals surface area contributed by atoms with Crippen LogP contribution in [0.2, 0.25) is 0 Å². The van der Waals surface area contributed by atoms with E-state index in [9.17, 15) is 0 Å². The van der Waals surface area contributed by atoms with E-state index in [0.29, 0.717) is 11.5 Å². The van der Waals surface area contributed by atoms with E-state index in [1.807, 2.05) is 0 Å². The predicted octanol–water partition coefficient (Wildman–Crippen LogP) is 4.52. The molecule has 0 radical (unpaired) electrons. The molecule has 0 saturated heterocycles. The highest BCUT2D eigenvalue weighted by atomic mass is 14.9. The SMILES string of the molecule is CCC1CCCC(C(NC)C2(c3ccccc3)CC2)C1. The summed E-state index contributed by atoms with van der Waals surface area (Å²) in [4.78, 5) is 0. The van der Waals surface area contributed by atoms with Gasteiger partial charge >= 0.3 is 0 Å². The van der Waals surface area contributed by atoms with Crippen LogP contribution >= 0.6 is 0 Å². The molecule has 0 amide bonds. The first-order valence-corrected chi connectivity index (χ1v) is 8.53. The number of hydrogen-bond donors (Lipinski definition) is 1. The Bertz CT molecular complexity index is 421. The number of rotatable bonds is 5. The first kappa shape index (κ1) is 14.1. The van der Waals surface area contributed by atoms with Gasteiger partial charge in [-0.2, -0.15) is 0 Å². The van der Waals surface area contributed by atoms with E-state index in [4.69, 9.17) is 0 Å². The van der Waals surface area contributed by atoms with Crippen molar-refractivity contribution in [1.29, 1.82) is 0 Å². The summed E-state index contributed by atoms with van der Waals surface area (Å²) in [6.45, 7) is 2.37. The van der Waals surface area contributed by atoms with E-state index in [-0.39, 0.29) is 0 Å². The van der Waals surface area contributed by atoms with Crippen LogP contribution < -0.4 is 5.32 Å². The van der Waals surface area contributed by atoms with Crippen LogP contribution in [0, 0.1) is 11.8 Å². The topological polar surface area (TPSA) is 12.0 Å². The molecule has 2 aliphatic carbocycles. The van der Waals surface area contributed by atoms with Gasteiger partial charge in [-0.05, 0) is 50.1 Å². The van der Waals surface area contributed by atoms with Crippen LogP contribution in [0.15, 0.2) is 30.3 Å². The molecule has 20 heavy (non-hydrogen) atoms. The highest BCUT2D eigenvalue weighted by Crippen LogP contribution is 2.54. The van der Waals surface area contributed by atoms with Crippen molar-refractivity contribution in [3.05, 3.63) is 35.9 Å². The lowest BCUT2D eigenvalue weighted by Gasteiger charge is -2.39. The fourth-order valence-electron chi connectivity index (χ4n) is 4.65. The zero-order chi connectivity index (χ0) is 14.0. The maximum absolute atomic E-state index is 3.72. The van der Waals surface area contributed by atoms with Crippen LogP contribution in [0.25, 0.3) is 0 Å². The zero-order valence-corrected chi connectivity index (χ0v) is 13.1. The van der Waals surface area contributed by atoms with Gasteiger partial charge in [0.05, 0.1) is 0 Å². The Morgan fingerprint density at radius 3 is 2.55 bits per heavy atom. The van der Waals surface area contributed by atoms with Gasteiger partial charge in [0.15, 0.2) is 0 Å². The summed E-state index contributed by atoms with van der Waals surface area (Å²) in [7, 11) is 2.18. The Morgan fingerprint density at radius 2 is 1.95 bits per heavy atom. The molecule has 0 bridgehead atoms. The molecule has 0 aliphatic heterocycles. The third-order valence-electron chi connectivity index (χ3n) is 5.92. The summed E-state index contributed by atoms with van der Waals surface area (Å²) < 4.78 is 0. The fourth-order valence-corrected chi connectivity index (χ4v) is 4.65. The van der Waals surface area contributed by atoms with Gasteiger partial charge in [-0.15, -0.1) is 0 Å². The van der Waals surface area contributed by atoms with Gasteiger partial charge in [-0.1, -0.05) is 56.5 Å². The van der Waals surface area contributed by atoms with E-state index in [1.165, 1.54) is 44.9 Å². The van der Waals surface area contributed by atoms with Gasteiger partial charge < -0.3 is 5.32 Å². The van der Waals surface area contributed by atoms with Crippen molar-refractivity contribution in [3.63, 3.8) is 0 Å². The van der Waals surface area contributed by atoms with E-state index in [0.717, 1.165) is 11.8 Å². The van der Waals surface area contributed by atoms with Gasteiger partial charge in [0.1, 0.15) is 0 Å².